The first-order valence-electron chi connectivity index (χ1n) is 10.1. The summed E-state index contributed by atoms with van der Waals surface area (Å²) >= 11 is 0. The van der Waals surface area contributed by atoms with Crippen molar-refractivity contribution in [1.82, 2.24) is 5.32 Å². The highest BCUT2D eigenvalue weighted by Gasteiger charge is 2.28. The molecule has 1 saturated carbocycles. The Balaban J connectivity index is 2.22. The SMILES string of the molecule is COc1ccc(C(CNC(=O)OC(C)(C)C)[C@H](C)C(=O)O)cc1OC1CCCC1. The number of amides is 1. The molecule has 0 bridgehead atoms. The standard InChI is InChI=1S/C22H33NO6/c1-14(20(24)25)17(13-23-21(26)29-22(2,3)4)15-10-11-18(27-5)19(12-15)28-16-8-6-7-9-16/h10-12,14,16-17H,6-9,13H2,1-5H3,(H,23,26)(H,24,25)/t14-,17?/m0/s1. The van der Waals surface area contributed by atoms with Crippen LogP contribution in [-0.2, 0) is 9.53 Å². The Morgan fingerprint density at radius 3 is 2.41 bits per heavy atom. The summed E-state index contributed by atoms with van der Waals surface area (Å²) in [5, 5.41) is 12.3. The maximum Gasteiger partial charge on any atom is 0.407 e. The number of rotatable bonds is 8. The van der Waals surface area contributed by atoms with E-state index in [0.717, 1.165) is 31.2 Å². The van der Waals surface area contributed by atoms with Crippen LogP contribution < -0.4 is 14.8 Å². The lowest BCUT2D eigenvalue weighted by Gasteiger charge is -2.25. The summed E-state index contributed by atoms with van der Waals surface area (Å²) in [6, 6.07) is 5.44. The Labute approximate surface area is 172 Å². The molecule has 2 N–H and O–H groups in total. The number of hydrogen-bond acceptors (Lipinski definition) is 5. The first-order chi connectivity index (χ1) is 13.6. The molecule has 0 spiro atoms. The molecule has 162 valence electrons. The third-order valence-corrected chi connectivity index (χ3v) is 5.07. The number of benzene rings is 1. The van der Waals surface area contributed by atoms with Gasteiger partial charge in [-0.3, -0.25) is 4.79 Å². The highest BCUT2D eigenvalue weighted by molar-refractivity contribution is 5.72. The number of carboxylic acids is 1. The molecule has 0 heterocycles. The van der Waals surface area contributed by atoms with E-state index < -0.39 is 29.5 Å². The monoisotopic (exact) mass is 407 g/mol. The van der Waals surface area contributed by atoms with Gasteiger partial charge in [-0.15, -0.1) is 0 Å². The molecule has 0 saturated heterocycles. The topological polar surface area (TPSA) is 94.1 Å². The first-order valence-corrected chi connectivity index (χ1v) is 10.1. The second kappa shape index (κ2) is 9.85. The highest BCUT2D eigenvalue weighted by Crippen LogP contribution is 2.36. The lowest BCUT2D eigenvalue weighted by molar-refractivity contribution is -0.141. The zero-order chi connectivity index (χ0) is 21.6. The van der Waals surface area contributed by atoms with Crippen molar-refractivity contribution in [2.45, 2.75) is 71.0 Å². The van der Waals surface area contributed by atoms with Gasteiger partial charge in [-0.25, -0.2) is 4.79 Å². The van der Waals surface area contributed by atoms with Crippen LogP contribution in [0.3, 0.4) is 0 Å². The van der Waals surface area contributed by atoms with E-state index in [1.54, 1.807) is 40.9 Å². The predicted molar refractivity (Wildman–Crippen MR) is 110 cm³/mol. The van der Waals surface area contributed by atoms with Crippen molar-refractivity contribution in [3.63, 3.8) is 0 Å². The van der Waals surface area contributed by atoms with Gasteiger partial charge in [0.25, 0.3) is 0 Å². The van der Waals surface area contributed by atoms with Gasteiger partial charge in [0.15, 0.2) is 11.5 Å². The van der Waals surface area contributed by atoms with Crippen molar-refractivity contribution in [3.05, 3.63) is 23.8 Å². The number of carbonyl (C=O) groups is 2. The summed E-state index contributed by atoms with van der Waals surface area (Å²) in [6.45, 7) is 7.10. The van der Waals surface area contributed by atoms with Gasteiger partial charge in [0.1, 0.15) is 5.60 Å². The van der Waals surface area contributed by atoms with Gasteiger partial charge < -0.3 is 24.6 Å². The third kappa shape index (κ3) is 6.84. The minimum atomic E-state index is -0.935. The fraction of sp³-hybridized carbons (Fsp3) is 0.636. The summed E-state index contributed by atoms with van der Waals surface area (Å²) < 4.78 is 16.8. The van der Waals surface area contributed by atoms with Gasteiger partial charge in [-0.1, -0.05) is 13.0 Å². The summed E-state index contributed by atoms with van der Waals surface area (Å²) in [5.41, 5.74) is 0.144. The molecule has 1 aromatic rings. The van der Waals surface area contributed by atoms with Crippen LogP contribution >= 0.6 is 0 Å². The molecule has 7 nitrogen and oxygen atoms in total. The molecule has 2 rings (SSSR count). The Bertz CT molecular complexity index is 706. The van der Waals surface area contributed by atoms with Gasteiger partial charge in [-0.2, -0.15) is 0 Å². The Morgan fingerprint density at radius 2 is 1.86 bits per heavy atom. The molecule has 29 heavy (non-hydrogen) atoms. The summed E-state index contributed by atoms with van der Waals surface area (Å²) in [4.78, 5) is 23.7. The Morgan fingerprint density at radius 1 is 1.21 bits per heavy atom. The quantitative estimate of drug-likeness (QED) is 0.665. The Hall–Kier alpha value is -2.44. The largest absolute Gasteiger partial charge is 0.493 e. The zero-order valence-electron chi connectivity index (χ0n) is 18.0. The van der Waals surface area contributed by atoms with Crippen molar-refractivity contribution in [2.75, 3.05) is 13.7 Å². The van der Waals surface area contributed by atoms with Crippen LogP contribution in [0.25, 0.3) is 0 Å². The summed E-state index contributed by atoms with van der Waals surface area (Å²) in [6.07, 6.45) is 3.87. The zero-order valence-corrected chi connectivity index (χ0v) is 18.0. The molecule has 1 aromatic carbocycles. The third-order valence-electron chi connectivity index (χ3n) is 5.07. The van der Waals surface area contributed by atoms with Crippen LogP contribution in [-0.4, -0.2) is 42.5 Å². The average Bonchev–Trinajstić information content (AvgIpc) is 3.13. The molecular formula is C22H33NO6. The van der Waals surface area contributed by atoms with E-state index in [-0.39, 0.29) is 12.6 Å². The lowest BCUT2D eigenvalue weighted by atomic mass is 9.87. The maximum absolute atomic E-state index is 12.1. The minimum Gasteiger partial charge on any atom is -0.493 e. The molecule has 1 unspecified atom stereocenters. The van der Waals surface area contributed by atoms with E-state index in [4.69, 9.17) is 14.2 Å². The molecule has 0 aliphatic heterocycles. The summed E-state index contributed by atoms with van der Waals surface area (Å²) in [5.74, 6) is -0.871. The normalized spacial score (nSPS) is 16.7. The van der Waals surface area contributed by atoms with Crippen LogP contribution in [0.4, 0.5) is 4.79 Å². The second-order valence-corrected chi connectivity index (χ2v) is 8.55. The number of carbonyl (C=O) groups excluding carboxylic acids is 1. The molecule has 0 aromatic heterocycles. The van der Waals surface area contributed by atoms with Gasteiger partial charge >= 0.3 is 12.1 Å². The smallest absolute Gasteiger partial charge is 0.407 e. The fourth-order valence-electron chi connectivity index (χ4n) is 3.46. The number of carboxylic acid groups (broad SMARTS) is 1. The highest BCUT2D eigenvalue weighted by atomic mass is 16.6. The van der Waals surface area contributed by atoms with Crippen LogP contribution in [0.15, 0.2) is 18.2 Å². The molecule has 1 fully saturated rings. The molecular weight excluding hydrogens is 374 g/mol. The van der Waals surface area contributed by atoms with E-state index in [1.165, 1.54) is 0 Å². The number of nitrogens with one attached hydrogen (secondary N) is 1. The van der Waals surface area contributed by atoms with Gasteiger partial charge in [-0.05, 0) is 64.2 Å². The van der Waals surface area contributed by atoms with Crippen LogP contribution in [0.2, 0.25) is 0 Å². The molecule has 1 aliphatic carbocycles. The number of ether oxygens (including phenoxy) is 3. The average molecular weight is 408 g/mol. The number of aliphatic carboxylic acids is 1. The number of methoxy groups -OCH3 is 1. The molecule has 1 aliphatic rings. The maximum atomic E-state index is 12.1. The Kier molecular flexibility index (Phi) is 7.76. The van der Waals surface area contributed by atoms with Gasteiger partial charge in [0.05, 0.1) is 19.1 Å². The number of hydrogen-bond donors (Lipinski definition) is 2. The minimum absolute atomic E-state index is 0.136. The lowest BCUT2D eigenvalue weighted by Crippen LogP contribution is -2.37. The van der Waals surface area contributed by atoms with E-state index in [2.05, 4.69) is 5.32 Å². The van der Waals surface area contributed by atoms with Crippen LogP contribution in [0.5, 0.6) is 11.5 Å². The van der Waals surface area contributed by atoms with Crippen molar-refractivity contribution >= 4 is 12.1 Å². The van der Waals surface area contributed by atoms with Crippen molar-refractivity contribution in [1.29, 1.82) is 0 Å². The summed E-state index contributed by atoms with van der Waals surface area (Å²) in [7, 11) is 1.58. The van der Waals surface area contributed by atoms with Crippen molar-refractivity contribution in [2.24, 2.45) is 5.92 Å². The molecule has 0 radical (unpaired) electrons. The fourth-order valence-corrected chi connectivity index (χ4v) is 3.46. The van der Waals surface area contributed by atoms with E-state index in [0.29, 0.717) is 11.5 Å². The van der Waals surface area contributed by atoms with Crippen LogP contribution in [0.1, 0.15) is 64.9 Å². The predicted octanol–water partition coefficient (Wildman–Crippen LogP) is 4.35. The van der Waals surface area contributed by atoms with Crippen LogP contribution in [0, 0.1) is 5.92 Å². The second-order valence-electron chi connectivity index (χ2n) is 8.55. The van der Waals surface area contributed by atoms with Gasteiger partial charge in [0, 0.05) is 12.5 Å². The first kappa shape index (κ1) is 22.8. The number of alkyl carbamates (subject to hydrolysis) is 1. The van der Waals surface area contributed by atoms with E-state index >= 15 is 0 Å². The van der Waals surface area contributed by atoms with E-state index in [9.17, 15) is 14.7 Å². The molecule has 1 amide bonds. The van der Waals surface area contributed by atoms with E-state index in [1.807, 2.05) is 12.1 Å². The van der Waals surface area contributed by atoms with Crippen molar-refractivity contribution < 1.29 is 28.9 Å². The van der Waals surface area contributed by atoms with Crippen molar-refractivity contribution in [3.8, 4) is 11.5 Å². The molecule has 2 atom stereocenters. The molecule has 7 heteroatoms. The van der Waals surface area contributed by atoms with Gasteiger partial charge in [0.2, 0.25) is 0 Å².